The van der Waals surface area contributed by atoms with E-state index in [1.807, 2.05) is 12.1 Å². The Kier molecular flexibility index (Phi) is 4.04. The van der Waals surface area contributed by atoms with Gasteiger partial charge in [-0.25, -0.2) is 4.98 Å². The largest absolute Gasteiger partial charge is 0.481 e. The molecule has 19 heavy (non-hydrogen) atoms. The van der Waals surface area contributed by atoms with Crippen LogP contribution in [0.4, 0.5) is 0 Å². The van der Waals surface area contributed by atoms with Crippen LogP contribution in [0.5, 0.6) is 5.88 Å². The molecule has 0 atom stereocenters. The molecule has 3 N–H and O–H groups in total. The van der Waals surface area contributed by atoms with Crippen LogP contribution in [0.15, 0.2) is 18.3 Å². The zero-order valence-electron chi connectivity index (χ0n) is 11.6. The molecule has 0 amide bonds. The summed E-state index contributed by atoms with van der Waals surface area (Å²) in [5, 5.41) is 7.67. The topological polar surface area (TPSA) is 75.2 Å². The Bertz CT molecular complexity index is 453. The Balaban J connectivity index is 1.98. The summed E-state index contributed by atoms with van der Waals surface area (Å²) in [6, 6.07) is 3.98. The van der Waals surface area contributed by atoms with E-state index in [1.54, 1.807) is 13.3 Å². The molecule has 0 aliphatic carbocycles. The summed E-state index contributed by atoms with van der Waals surface area (Å²) in [6.07, 6.45) is 3.61. The summed E-state index contributed by atoms with van der Waals surface area (Å²) in [6.45, 7) is 4.82. The molecule has 1 aliphatic heterocycles. The highest BCUT2D eigenvalue weighted by atomic mass is 16.5. The smallest absolute Gasteiger partial charge is 0.217 e. The van der Waals surface area contributed by atoms with Crippen molar-refractivity contribution >= 4 is 5.84 Å². The van der Waals surface area contributed by atoms with Gasteiger partial charge < -0.3 is 10.5 Å². The first-order valence-corrected chi connectivity index (χ1v) is 6.60. The molecule has 0 spiro atoms. The molecule has 1 fully saturated rings. The van der Waals surface area contributed by atoms with Crippen LogP contribution in [0.2, 0.25) is 0 Å². The molecule has 0 unspecified atom stereocenters. The van der Waals surface area contributed by atoms with Gasteiger partial charge in [0.1, 0.15) is 0 Å². The minimum atomic E-state index is -0.129. The lowest BCUT2D eigenvalue weighted by Crippen LogP contribution is -2.44. The SMILES string of the molecule is COc1ncccc1CN1CCC(C)(C(=N)N)CC1. The van der Waals surface area contributed by atoms with Gasteiger partial charge in [0, 0.05) is 23.7 Å². The number of nitrogens with one attached hydrogen (secondary N) is 1. The van der Waals surface area contributed by atoms with Crippen LogP contribution in [0.25, 0.3) is 0 Å². The van der Waals surface area contributed by atoms with E-state index in [2.05, 4.69) is 16.8 Å². The molecule has 0 radical (unpaired) electrons. The lowest BCUT2D eigenvalue weighted by Gasteiger charge is -2.38. The molecule has 5 nitrogen and oxygen atoms in total. The first-order chi connectivity index (χ1) is 9.05. The van der Waals surface area contributed by atoms with Gasteiger partial charge in [0.05, 0.1) is 12.9 Å². The molecule has 0 bridgehead atoms. The van der Waals surface area contributed by atoms with E-state index in [9.17, 15) is 0 Å². The summed E-state index contributed by atoms with van der Waals surface area (Å²) in [5.41, 5.74) is 6.66. The van der Waals surface area contributed by atoms with Gasteiger partial charge in [-0.15, -0.1) is 0 Å². The molecule has 1 aliphatic rings. The number of hydrogen-bond donors (Lipinski definition) is 2. The summed E-state index contributed by atoms with van der Waals surface area (Å²) in [5.74, 6) is 1.01. The first-order valence-electron chi connectivity index (χ1n) is 6.60. The van der Waals surface area contributed by atoms with Crippen molar-refractivity contribution in [3.63, 3.8) is 0 Å². The summed E-state index contributed by atoms with van der Waals surface area (Å²) >= 11 is 0. The van der Waals surface area contributed by atoms with E-state index in [4.69, 9.17) is 15.9 Å². The lowest BCUT2D eigenvalue weighted by molar-refractivity contribution is 0.154. The van der Waals surface area contributed by atoms with Crippen LogP contribution < -0.4 is 10.5 Å². The van der Waals surface area contributed by atoms with Gasteiger partial charge in [-0.1, -0.05) is 13.0 Å². The van der Waals surface area contributed by atoms with E-state index < -0.39 is 0 Å². The molecule has 104 valence electrons. The molecule has 1 aromatic heterocycles. The second-order valence-electron chi connectivity index (χ2n) is 5.42. The van der Waals surface area contributed by atoms with Crippen molar-refractivity contribution in [3.8, 4) is 5.88 Å². The summed E-state index contributed by atoms with van der Waals surface area (Å²) in [4.78, 5) is 6.58. The summed E-state index contributed by atoms with van der Waals surface area (Å²) < 4.78 is 5.27. The number of methoxy groups -OCH3 is 1. The third kappa shape index (κ3) is 3.04. The number of nitrogens with two attached hydrogens (primary N) is 1. The van der Waals surface area contributed by atoms with Crippen molar-refractivity contribution in [1.29, 1.82) is 5.41 Å². The molecule has 2 rings (SSSR count). The minimum Gasteiger partial charge on any atom is -0.481 e. The number of aromatic nitrogens is 1. The Morgan fingerprint density at radius 2 is 2.21 bits per heavy atom. The first kappa shape index (κ1) is 13.8. The van der Waals surface area contributed by atoms with Gasteiger partial charge in [-0.3, -0.25) is 10.3 Å². The number of hydrogen-bond acceptors (Lipinski definition) is 4. The normalized spacial score (nSPS) is 19.1. The van der Waals surface area contributed by atoms with E-state index >= 15 is 0 Å². The van der Waals surface area contributed by atoms with Gasteiger partial charge >= 0.3 is 0 Å². The predicted octanol–water partition coefficient (Wildman–Crippen LogP) is 1.63. The molecule has 2 heterocycles. The number of piperidine rings is 1. The number of rotatable bonds is 4. The second kappa shape index (κ2) is 5.57. The van der Waals surface area contributed by atoms with Crippen molar-refractivity contribution in [1.82, 2.24) is 9.88 Å². The van der Waals surface area contributed by atoms with Crippen LogP contribution in [-0.4, -0.2) is 35.9 Å². The maximum atomic E-state index is 7.67. The Labute approximate surface area is 114 Å². The molecule has 1 saturated heterocycles. The highest BCUT2D eigenvalue weighted by molar-refractivity contribution is 5.83. The molecule has 1 aromatic rings. The average molecular weight is 262 g/mol. The number of likely N-dealkylation sites (tertiary alicyclic amines) is 1. The Morgan fingerprint density at radius 3 is 2.79 bits per heavy atom. The minimum absolute atomic E-state index is 0.129. The van der Waals surface area contributed by atoms with Gasteiger partial charge in [-0.2, -0.15) is 0 Å². The molecular formula is C14H22N4O. The Morgan fingerprint density at radius 1 is 1.53 bits per heavy atom. The third-order valence-electron chi connectivity index (χ3n) is 4.05. The number of nitrogens with zero attached hydrogens (tertiary/aromatic N) is 2. The van der Waals surface area contributed by atoms with E-state index in [-0.39, 0.29) is 5.41 Å². The van der Waals surface area contributed by atoms with Crippen molar-refractivity contribution in [3.05, 3.63) is 23.9 Å². The summed E-state index contributed by atoms with van der Waals surface area (Å²) in [7, 11) is 1.65. The fourth-order valence-corrected chi connectivity index (χ4v) is 2.44. The van der Waals surface area contributed by atoms with E-state index in [0.717, 1.165) is 38.0 Å². The number of ether oxygens (including phenoxy) is 1. The number of amidine groups is 1. The maximum absolute atomic E-state index is 7.67. The highest BCUT2D eigenvalue weighted by Crippen LogP contribution is 2.31. The van der Waals surface area contributed by atoms with Gasteiger partial charge in [0.2, 0.25) is 5.88 Å². The van der Waals surface area contributed by atoms with Gasteiger partial charge in [0.15, 0.2) is 0 Å². The highest BCUT2D eigenvalue weighted by Gasteiger charge is 2.32. The molecular weight excluding hydrogens is 240 g/mol. The van der Waals surface area contributed by atoms with Crippen molar-refractivity contribution < 1.29 is 4.74 Å². The predicted molar refractivity (Wildman–Crippen MR) is 75.3 cm³/mol. The van der Waals surface area contributed by atoms with Gasteiger partial charge in [-0.05, 0) is 32.0 Å². The average Bonchev–Trinajstić information content (AvgIpc) is 2.42. The van der Waals surface area contributed by atoms with Crippen LogP contribution in [0, 0.1) is 10.8 Å². The monoisotopic (exact) mass is 262 g/mol. The quantitative estimate of drug-likeness (QED) is 0.639. The lowest BCUT2D eigenvalue weighted by atomic mass is 9.79. The molecule has 0 aromatic carbocycles. The maximum Gasteiger partial charge on any atom is 0.217 e. The van der Waals surface area contributed by atoms with Gasteiger partial charge in [0.25, 0.3) is 0 Å². The third-order valence-corrected chi connectivity index (χ3v) is 4.05. The number of pyridine rings is 1. The fourth-order valence-electron chi connectivity index (χ4n) is 2.44. The van der Waals surface area contributed by atoms with Crippen molar-refractivity contribution in [2.75, 3.05) is 20.2 Å². The zero-order chi connectivity index (χ0) is 13.9. The van der Waals surface area contributed by atoms with Crippen LogP contribution in [-0.2, 0) is 6.54 Å². The molecule has 5 heteroatoms. The second-order valence-corrected chi connectivity index (χ2v) is 5.42. The van der Waals surface area contributed by atoms with Crippen molar-refractivity contribution in [2.24, 2.45) is 11.1 Å². The van der Waals surface area contributed by atoms with Crippen LogP contribution >= 0.6 is 0 Å². The molecule has 0 saturated carbocycles. The van der Waals surface area contributed by atoms with Crippen LogP contribution in [0.3, 0.4) is 0 Å². The fraction of sp³-hybridized carbons (Fsp3) is 0.571. The zero-order valence-corrected chi connectivity index (χ0v) is 11.6. The van der Waals surface area contributed by atoms with Crippen LogP contribution in [0.1, 0.15) is 25.3 Å². The van der Waals surface area contributed by atoms with Crippen molar-refractivity contribution in [2.45, 2.75) is 26.3 Å². The van der Waals surface area contributed by atoms with E-state index in [0.29, 0.717) is 11.7 Å². The van der Waals surface area contributed by atoms with E-state index in [1.165, 1.54) is 0 Å². The standard InChI is InChI=1S/C14H22N4O/c1-14(13(15)16)5-8-18(9-6-14)10-11-4-3-7-17-12(11)19-2/h3-4,7H,5-6,8-10H2,1-2H3,(H3,15,16). The Hall–Kier alpha value is -1.62.